The van der Waals surface area contributed by atoms with E-state index in [0.29, 0.717) is 18.0 Å². The van der Waals surface area contributed by atoms with Gasteiger partial charge in [-0.15, -0.1) is 0 Å². The number of amides is 1. The van der Waals surface area contributed by atoms with Gasteiger partial charge in [-0.25, -0.2) is 4.39 Å². The summed E-state index contributed by atoms with van der Waals surface area (Å²) in [6, 6.07) is 12.4. The molecule has 2 heterocycles. The van der Waals surface area contributed by atoms with Crippen molar-refractivity contribution in [2.24, 2.45) is 0 Å². The molecule has 0 bridgehead atoms. The topological polar surface area (TPSA) is 32.3 Å². The van der Waals surface area contributed by atoms with Crippen molar-refractivity contribution in [3.05, 3.63) is 70.5 Å². The van der Waals surface area contributed by atoms with Crippen molar-refractivity contribution in [1.29, 1.82) is 0 Å². The lowest BCUT2D eigenvalue weighted by Crippen LogP contribution is -2.68. The molecule has 0 aromatic heterocycles. The number of fused-ring (bicyclic) bond motifs is 3. The molecule has 3 nitrogen and oxygen atoms in total. The molecule has 0 saturated carbocycles. The molecule has 2 aliphatic rings. The number of carbonyl (C=O) groups is 1. The Kier molecular flexibility index (Phi) is 3.85. The molecular formula is C21H20ClFN2O. The number of nitrogens with zero attached hydrogens (tertiary/aromatic N) is 1. The minimum Gasteiger partial charge on any atom is -0.344 e. The highest BCUT2D eigenvalue weighted by Crippen LogP contribution is 2.52. The summed E-state index contributed by atoms with van der Waals surface area (Å²) in [5.74, 6) is -0.261. The van der Waals surface area contributed by atoms with Gasteiger partial charge in [0.05, 0.1) is 0 Å². The van der Waals surface area contributed by atoms with Crippen molar-refractivity contribution < 1.29 is 9.18 Å². The van der Waals surface area contributed by atoms with Gasteiger partial charge in [0.1, 0.15) is 11.5 Å². The van der Waals surface area contributed by atoms with E-state index in [-0.39, 0.29) is 11.7 Å². The molecule has 1 saturated heterocycles. The van der Waals surface area contributed by atoms with Crippen molar-refractivity contribution in [3.63, 3.8) is 0 Å². The van der Waals surface area contributed by atoms with E-state index in [2.05, 4.69) is 10.2 Å². The summed E-state index contributed by atoms with van der Waals surface area (Å²) in [5, 5.41) is 3.86. The molecule has 1 amide bonds. The molecule has 5 heteroatoms. The van der Waals surface area contributed by atoms with Crippen LogP contribution in [0.1, 0.15) is 31.4 Å². The summed E-state index contributed by atoms with van der Waals surface area (Å²) in [7, 11) is 0. The third-order valence-electron chi connectivity index (χ3n) is 5.58. The van der Waals surface area contributed by atoms with Crippen LogP contribution in [0.5, 0.6) is 0 Å². The van der Waals surface area contributed by atoms with Gasteiger partial charge in [-0.05, 0) is 47.5 Å². The normalized spacial score (nSPS) is 23.7. The first kappa shape index (κ1) is 17.1. The zero-order valence-electron chi connectivity index (χ0n) is 14.7. The number of carbonyl (C=O) groups excluding carboxylic acids is 1. The van der Waals surface area contributed by atoms with E-state index < -0.39 is 11.1 Å². The van der Waals surface area contributed by atoms with E-state index in [1.165, 1.54) is 6.07 Å². The summed E-state index contributed by atoms with van der Waals surface area (Å²) in [6.07, 6.45) is 4.42. The Morgan fingerprint density at radius 2 is 1.92 bits per heavy atom. The third-order valence-corrected chi connectivity index (χ3v) is 5.83. The highest BCUT2D eigenvalue weighted by atomic mass is 35.5. The van der Waals surface area contributed by atoms with Gasteiger partial charge >= 0.3 is 0 Å². The van der Waals surface area contributed by atoms with E-state index >= 15 is 0 Å². The molecule has 0 radical (unpaired) electrons. The van der Waals surface area contributed by atoms with Crippen LogP contribution in [0.4, 0.5) is 10.1 Å². The van der Waals surface area contributed by atoms with E-state index in [1.807, 2.05) is 56.3 Å². The van der Waals surface area contributed by atoms with E-state index in [4.69, 9.17) is 11.6 Å². The highest BCUT2D eigenvalue weighted by molar-refractivity contribution is 6.30. The lowest BCUT2D eigenvalue weighted by atomic mass is 9.74. The Hall–Kier alpha value is -2.33. The number of benzene rings is 2. The standard InChI is InChI=1S/C21H20ClFN2O/c1-20(2)17-13-16(23)7-8-18(17)25-12-10-19(26)24-21(20,25)11-9-14-3-5-15(22)6-4-14/h3-9,11,13H,10,12H2,1-2H3,(H,24,26)/b11-9+/t21-/m0/s1. The van der Waals surface area contributed by atoms with E-state index in [0.717, 1.165) is 16.8 Å². The number of hydrogen-bond donors (Lipinski definition) is 1. The van der Waals surface area contributed by atoms with Crippen LogP contribution in [-0.4, -0.2) is 18.1 Å². The predicted octanol–water partition coefficient (Wildman–Crippen LogP) is 4.51. The second kappa shape index (κ2) is 5.85. The van der Waals surface area contributed by atoms with Crippen molar-refractivity contribution in [1.82, 2.24) is 5.32 Å². The second-order valence-electron chi connectivity index (χ2n) is 7.39. The molecule has 1 fully saturated rings. The molecule has 1 N–H and O–H groups in total. The smallest absolute Gasteiger partial charge is 0.223 e. The van der Waals surface area contributed by atoms with Gasteiger partial charge in [-0.1, -0.05) is 43.7 Å². The van der Waals surface area contributed by atoms with Gasteiger partial charge < -0.3 is 10.2 Å². The molecule has 0 spiro atoms. The molecule has 2 aromatic carbocycles. The average Bonchev–Trinajstić information content (AvgIpc) is 2.79. The first-order chi connectivity index (χ1) is 12.3. The summed E-state index contributed by atoms with van der Waals surface area (Å²) >= 11 is 5.96. The fraction of sp³-hybridized carbons (Fsp3) is 0.286. The fourth-order valence-corrected chi connectivity index (χ4v) is 4.24. The number of hydrogen-bond acceptors (Lipinski definition) is 2. The summed E-state index contributed by atoms with van der Waals surface area (Å²) in [5.41, 5.74) is 1.63. The fourth-order valence-electron chi connectivity index (χ4n) is 4.12. The van der Waals surface area contributed by atoms with Crippen molar-refractivity contribution in [2.45, 2.75) is 31.3 Å². The maximum Gasteiger partial charge on any atom is 0.223 e. The maximum atomic E-state index is 13.9. The third kappa shape index (κ3) is 2.43. The van der Waals surface area contributed by atoms with Gasteiger partial charge in [0.15, 0.2) is 0 Å². The number of halogens is 2. The summed E-state index contributed by atoms with van der Waals surface area (Å²) in [6.45, 7) is 4.69. The zero-order chi connectivity index (χ0) is 18.5. The monoisotopic (exact) mass is 370 g/mol. The first-order valence-electron chi connectivity index (χ1n) is 8.67. The van der Waals surface area contributed by atoms with Crippen LogP contribution in [0.25, 0.3) is 6.08 Å². The Morgan fingerprint density at radius 3 is 2.65 bits per heavy atom. The van der Waals surface area contributed by atoms with Crippen LogP contribution in [-0.2, 0) is 10.2 Å². The minimum atomic E-state index is -0.738. The molecule has 26 heavy (non-hydrogen) atoms. The minimum absolute atomic E-state index is 0.00311. The van der Waals surface area contributed by atoms with Crippen LogP contribution in [0.3, 0.4) is 0 Å². The second-order valence-corrected chi connectivity index (χ2v) is 7.82. The maximum absolute atomic E-state index is 13.9. The molecule has 0 unspecified atom stereocenters. The lowest BCUT2D eigenvalue weighted by molar-refractivity contribution is -0.124. The van der Waals surface area contributed by atoms with Crippen LogP contribution < -0.4 is 10.2 Å². The molecule has 134 valence electrons. The molecule has 2 aliphatic heterocycles. The van der Waals surface area contributed by atoms with Crippen LogP contribution >= 0.6 is 11.6 Å². The van der Waals surface area contributed by atoms with Crippen molar-refractivity contribution in [2.75, 3.05) is 11.4 Å². The lowest BCUT2D eigenvalue weighted by Gasteiger charge is -2.49. The Morgan fingerprint density at radius 1 is 1.19 bits per heavy atom. The van der Waals surface area contributed by atoms with Crippen LogP contribution in [0.2, 0.25) is 5.02 Å². The molecule has 2 aromatic rings. The Labute approximate surface area is 157 Å². The average molecular weight is 371 g/mol. The van der Waals surface area contributed by atoms with Gasteiger partial charge in [-0.3, -0.25) is 4.79 Å². The van der Waals surface area contributed by atoms with E-state index in [9.17, 15) is 9.18 Å². The Bertz CT molecular complexity index is 907. The zero-order valence-corrected chi connectivity index (χ0v) is 15.5. The summed E-state index contributed by atoms with van der Waals surface area (Å²) in [4.78, 5) is 14.5. The number of anilines is 1. The molecule has 4 rings (SSSR count). The van der Waals surface area contributed by atoms with Gasteiger partial charge in [0.25, 0.3) is 0 Å². The SMILES string of the molecule is CC1(C)c2cc(F)ccc2N2CCC(=O)N[C@@]21/C=C/c1ccc(Cl)cc1. The number of nitrogens with one attached hydrogen (secondary N) is 1. The Balaban J connectivity index is 1.84. The van der Waals surface area contributed by atoms with E-state index in [1.54, 1.807) is 6.07 Å². The number of rotatable bonds is 2. The van der Waals surface area contributed by atoms with Crippen molar-refractivity contribution in [3.8, 4) is 0 Å². The molecule has 1 atom stereocenters. The predicted molar refractivity (Wildman–Crippen MR) is 103 cm³/mol. The highest BCUT2D eigenvalue weighted by Gasteiger charge is 2.57. The van der Waals surface area contributed by atoms with Gasteiger partial charge in [-0.2, -0.15) is 0 Å². The first-order valence-corrected chi connectivity index (χ1v) is 9.05. The molecular weight excluding hydrogens is 351 g/mol. The van der Waals surface area contributed by atoms with Crippen LogP contribution in [0.15, 0.2) is 48.5 Å². The van der Waals surface area contributed by atoms with Gasteiger partial charge in [0, 0.05) is 29.1 Å². The largest absolute Gasteiger partial charge is 0.344 e. The summed E-state index contributed by atoms with van der Waals surface area (Å²) < 4.78 is 13.9. The van der Waals surface area contributed by atoms with Gasteiger partial charge in [0.2, 0.25) is 5.91 Å². The van der Waals surface area contributed by atoms with Crippen LogP contribution in [0, 0.1) is 5.82 Å². The van der Waals surface area contributed by atoms with Crippen molar-refractivity contribution >= 4 is 29.3 Å². The quantitative estimate of drug-likeness (QED) is 0.843. The molecule has 0 aliphatic carbocycles.